The van der Waals surface area contributed by atoms with Gasteiger partial charge in [0.1, 0.15) is 0 Å². The summed E-state index contributed by atoms with van der Waals surface area (Å²) in [5.41, 5.74) is 0. The molecule has 1 aromatic heterocycles. The summed E-state index contributed by atoms with van der Waals surface area (Å²) in [7, 11) is 0. The minimum absolute atomic E-state index is 0.0172. The van der Waals surface area contributed by atoms with E-state index in [1.165, 1.54) is 11.3 Å². The van der Waals surface area contributed by atoms with Crippen molar-refractivity contribution in [3.8, 4) is 0 Å². The van der Waals surface area contributed by atoms with E-state index in [0.717, 1.165) is 13.1 Å². The first-order valence-corrected chi connectivity index (χ1v) is 6.45. The molecule has 1 saturated heterocycles. The zero-order chi connectivity index (χ0) is 12.1. The molecule has 2 heterocycles. The minimum atomic E-state index is -0.177. The Morgan fingerprint density at radius 1 is 1.41 bits per heavy atom. The molecule has 2 amide bonds. The molecule has 1 fully saturated rings. The Kier molecular flexibility index (Phi) is 4.11. The average molecular weight is 253 g/mol. The van der Waals surface area contributed by atoms with Crippen LogP contribution in [-0.4, -0.2) is 49.4 Å². The van der Waals surface area contributed by atoms with E-state index in [-0.39, 0.29) is 18.4 Å². The summed E-state index contributed by atoms with van der Waals surface area (Å²) in [6.07, 6.45) is 0. The van der Waals surface area contributed by atoms with Crippen LogP contribution in [0.15, 0.2) is 17.5 Å². The first-order chi connectivity index (χ1) is 8.27. The van der Waals surface area contributed by atoms with Crippen molar-refractivity contribution in [1.82, 2.24) is 15.5 Å². The van der Waals surface area contributed by atoms with Gasteiger partial charge in [0.05, 0.1) is 11.4 Å². The number of piperazine rings is 1. The summed E-state index contributed by atoms with van der Waals surface area (Å²) in [6, 6.07) is 3.56. The van der Waals surface area contributed by atoms with Crippen molar-refractivity contribution in [3.63, 3.8) is 0 Å². The summed E-state index contributed by atoms with van der Waals surface area (Å²) in [4.78, 5) is 25.8. The van der Waals surface area contributed by atoms with Crippen molar-refractivity contribution in [2.24, 2.45) is 0 Å². The van der Waals surface area contributed by atoms with Gasteiger partial charge in [-0.15, -0.1) is 11.3 Å². The first-order valence-electron chi connectivity index (χ1n) is 5.57. The van der Waals surface area contributed by atoms with Gasteiger partial charge >= 0.3 is 0 Å². The number of carbonyl (C=O) groups excluding carboxylic acids is 2. The second-order valence-corrected chi connectivity index (χ2v) is 4.74. The van der Waals surface area contributed by atoms with Gasteiger partial charge in [0.2, 0.25) is 5.91 Å². The van der Waals surface area contributed by atoms with Crippen molar-refractivity contribution in [2.75, 3.05) is 32.7 Å². The zero-order valence-corrected chi connectivity index (χ0v) is 10.3. The maximum atomic E-state index is 11.8. The van der Waals surface area contributed by atoms with Crippen molar-refractivity contribution < 1.29 is 9.59 Å². The molecule has 2 N–H and O–H groups in total. The average Bonchev–Trinajstić information content (AvgIpc) is 2.90. The predicted octanol–water partition coefficient (Wildman–Crippen LogP) is -0.0903. The lowest BCUT2D eigenvalue weighted by Crippen LogP contribution is -2.49. The van der Waals surface area contributed by atoms with E-state index < -0.39 is 0 Å². The maximum absolute atomic E-state index is 11.8. The normalized spacial score (nSPS) is 15.6. The molecule has 0 spiro atoms. The molecular formula is C11H15N3O2S. The number of carbonyl (C=O) groups is 2. The Balaban J connectivity index is 1.77. The largest absolute Gasteiger partial charge is 0.342 e. The van der Waals surface area contributed by atoms with Gasteiger partial charge in [0.25, 0.3) is 5.91 Å². The van der Waals surface area contributed by atoms with Crippen molar-refractivity contribution in [2.45, 2.75) is 0 Å². The number of hydrogen-bond acceptors (Lipinski definition) is 4. The SMILES string of the molecule is O=C(NCC(=O)N1CCNCC1)c1cccs1. The number of nitrogens with zero attached hydrogens (tertiary/aromatic N) is 1. The fourth-order valence-corrected chi connectivity index (χ4v) is 2.32. The molecule has 0 radical (unpaired) electrons. The van der Waals surface area contributed by atoms with Crippen LogP contribution in [0.2, 0.25) is 0 Å². The standard InChI is InChI=1S/C11H15N3O2S/c15-10(14-5-3-12-4-6-14)8-13-11(16)9-2-1-7-17-9/h1-2,7,12H,3-6,8H2,(H,13,16). The summed E-state index contributed by atoms with van der Waals surface area (Å²) in [6.45, 7) is 3.16. The molecule has 0 bridgehead atoms. The third-order valence-corrected chi connectivity index (χ3v) is 3.48. The zero-order valence-electron chi connectivity index (χ0n) is 9.44. The molecular weight excluding hydrogens is 238 g/mol. The van der Waals surface area contributed by atoms with E-state index in [2.05, 4.69) is 10.6 Å². The lowest BCUT2D eigenvalue weighted by atomic mass is 10.3. The van der Waals surface area contributed by atoms with E-state index in [0.29, 0.717) is 18.0 Å². The van der Waals surface area contributed by atoms with E-state index in [4.69, 9.17) is 0 Å². The van der Waals surface area contributed by atoms with E-state index >= 15 is 0 Å². The molecule has 0 aromatic carbocycles. The molecule has 2 rings (SSSR count). The molecule has 0 unspecified atom stereocenters. The van der Waals surface area contributed by atoms with Crippen LogP contribution in [0.1, 0.15) is 9.67 Å². The fourth-order valence-electron chi connectivity index (χ4n) is 1.68. The highest BCUT2D eigenvalue weighted by molar-refractivity contribution is 7.12. The monoisotopic (exact) mass is 253 g/mol. The highest BCUT2D eigenvalue weighted by atomic mass is 32.1. The van der Waals surface area contributed by atoms with Gasteiger partial charge in [-0.05, 0) is 11.4 Å². The van der Waals surface area contributed by atoms with Crippen molar-refractivity contribution in [1.29, 1.82) is 0 Å². The quantitative estimate of drug-likeness (QED) is 0.791. The van der Waals surface area contributed by atoms with Crippen LogP contribution in [0.4, 0.5) is 0 Å². The second kappa shape index (κ2) is 5.79. The van der Waals surface area contributed by atoms with Gasteiger partial charge in [-0.1, -0.05) is 6.07 Å². The Labute approximate surface area is 104 Å². The third kappa shape index (κ3) is 3.28. The summed E-state index contributed by atoms with van der Waals surface area (Å²) in [5, 5.41) is 7.66. The van der Waals surface area contributed by atoms with Gasteiger partial charge in [-0.3, -0.25) is 9.59 Å². The topological polar surface area (TPSA) is 61.4 Å². The minimum Gasteiger partial charge on any atom is -0.342 e. The highest BCUT2D eigenvalue weighted by Gasteiger charge is 2.16. The summed E-state index contributed by atoms with van der Waals surface area (Å²) in [5.74, 6) is -0.195. The molecule has 1 aliphatic rings. The fraction of sp³-hybridized carbons (Fsp3) is 0.455. The van der Waals surface area contributed by atoms with Crippen molar-refractivity contribution >= 4 is 23.2 Å². The van der Waals surface area contributed by atoms with Crippen molar-refractivity contribution in [3.05, 3.63) is 22.4 Å². The molecule has 0 aliphatic carbocycles. The van der Waals surface area contributed by atoms with Gasteiger partial charge in [0.15, 0.2) is 0 Å². The second-order valence-electron chi connectivity index (χ2n) is 3.79. The smallest absolute Gasteiger partial charge is 0.261 e. The van der Waals surface area contributed by atoms with E-state index in [1.807, 2.05) is 11.4 Å². The van der Waals surface area contributed by atoms with Crippen LogP contribution in [0.25, 0.3) is 0 Å². The van der Waals surface area contributed by atoms with Crippen LogP contribution in [0, 0.1) is 0 Å². The molecule has 17 heavy (non-hydrogen) atoms. The molecule has 1 aliphatic heterocycles. The lowest BCUT2D eigenvalue weighted by molar-refractivity contribution is -0.130. The molecule has 1 aromatic rings. The Morgan fingerprint density at radius 3 is 2.82 bits per heavy atom. The number of thiophene rings is 1. The molecule has 92 valence electrons. The molecule has 0 atom stereocenters. The van der Waals surface area contributed by atoms with Crippen LogP contribution in [0.3, 0.4) is 0 Å². The van der Waals surface area contributed by atoms with Gasteiger partial charge in [-0.2, -0.15) is 0 Å². The summed E-state index contributed by atoms with van der Waals surface area (Å²) >= 11 is 1.37. The number of hydrogen-bond donors (Lipinski definition) is 2. The predicted molar refractivity (Wildman–Crippen MR) is 66.1 cm³/mol. The number of rotatable bonds is 3. The summed E-state index contributed by atoms with van der Waals surface area (Å²) < 4.78 is 0. The van der Waals surface area contributed by atoms with E-state index in [9.17, 15) is 9.59 Å². The van der Waals surface area contributed by atoms with Crippen LogP contribution >= 0.6 is 11.3 Å². The molecule has 5 nitrogen and oxygen atoms in total. The van der Waals surface area contributed by atoms with Crippen LogP contribution in [0.5, 0.6) is 0 Å². The lowest BCUT2D eigenvalue weighted by Gasteiger charge is -2.27. The van der Waals surface area contributed by atoms with Gasteiger partial charge < -0.3 is 15.5 Å². The Bertz CT molecular complexity index is 385. The number of nitrogens with one attached hydrogen (secondary N) is 2. The molecule has 0 saturated carbocycles. The first kappa shape index (κ1) is 12.1. The van der Waals surface area contributed by atoms with Crippen LogP contribution in [-0.2, 0) is 4.79 Å². The van der Waals surface area contributed by atoms with Crippen LogP contribution < -0.4 is 10.6 Å². The molecule has 6 heteroatoms. The Hall–Kier alpha value is -1.40. The van der Waals surface area contributed by atoms with Gasteiger partial charge in [0, 0.05) is 26.2 Å². The third-order valence-electron chi connectivity index (χ3n) is 2.61. The number of amides is 2. The Morgan fingerprint density at radius 2 is 2.18 bits per heavy atom. The van der Waals surface area contributed by atoms with Gasteiger partial charge in [-0.25, -0.2) is 0 Å². The maximum Gasteiger partial charge on any atom is 0.261 e. The van der Waals surface area contributed by atoms with E-state index in [1.54, 1.807) is 11.0 Å². The highest BCUT2D eigenvalue weighted by Crippen LogP contribution is 2.07.